The topological polar surface area (TPSA) is 26.3 Å². The van der Waals surface area contributed by atoms with Crippen LogP contribution < -0.4 is 4.74 Å². The molecule has 2 saturated carbocycles. The molecule has 0 bridgehead atoms. The normalized spacial score (nSPS) is 25.1. The molecule has 0 amide bonds. The molecule has 0 radical (unpaired) electrons. The average molecular weight is 272 g/mol. The molecule has 0 N–H and O–H groups in total. The summed E-state index contributed by atoms with van der Waals surface area (Å²) in [4.78, 5) is 12.3. The Hall–Kier alpha value is -1.31. The van der Waals surface area contributed by atoms with Gasteiger partial charge in [-0.25, -0.2) is 0 Å². The Bertz CT molecular complexity index is 490. The first-order valence-electron chi connectivity index (χ1n) is 7.90. The van der Waals surface area contributed by atoms with Gasteiger partial charge in [-0.3, -0.25) is 4.79 Å². The van der Waals surface area contributed by atoms with Crippen LogP contribution in [0.15, 0.2) is 18.2 Å². The van der Waals surface area contributed by atoms with Crippen molar-refractivity contribution in [1.29, 1.82) is 0 Å². The highest BCUT2D eigenvalue weighted by atomic mass is 16.5. The Morgan fingerprint density at radius 2 is 1.65 bits per heavy atom. The lowest BCUT2D eigenvalue weighted by Crippen LogP contribution is -2.56. The quantitative estimate of drug-likeness (QED) is 0.799. The Balaban J connectivity index is 1.82. The molecule has 2 aliphatic carbocycles. The summed E-state index contributed by atoms with van der Waals surface area (Å²) >= 11 is 0. The third-order valence-corrected chi connectivity index (χ3v) is 5.21. The van der Waals surface area contributed by atoms with Crippen LogP contribution in [-0.4, -0.2) is 11.9 Å². The van der Waals surface area contributed by atoms with Crippen LogP contribution in [0.1, 0.15) is 56.1 Å². The van der Waals surface area contributed by atoms with Gasteiger partial charge in [0.1, 0.15) is 17.6 Å². The molecule has 1 aromatic rings. The number of carbonyl (C=O) groups is 1. The van der Waals surface area contributed by atoms with E-state index in [1.54, 1.807) is 0 Å². The summed E-state index contributed by atoms with van der Waals surface area (Å²) < 4.78 is 6.31. The first-order chi connectivity index (χ1) is 9.63. The molecular weight excluding hydrogens is 248 g/mol. The van der Waals surface area contributed by atoms with Gasteiger partial charge < -0.3 is 4.74 Å². The SMILES string of the molecule is Cc1cccc(C)c1OC1CC(=O)C12CCCCCC2. The van der Waals surface area contributed by atoms with E-state index in [1.807, 2.05) is 0 Å². The molecule has 0 heterocycles. The van der Waals surface area contributed by atoms with Crippen LogP contribution in [0, 0.1) is 19.3 Å². The standard InChI is InChI=1S/C18H24O2/c1-13-8-7-9-14(2)17(13)20-16-12-15(19)18(16)10-5-3-4-6-11-18/h7-9,16H,3-6,10-12H2,1-2H3. The Morgan fingerprint density at radius 3 is 2.20 bits per heavy atom. The van der Waals surface area contributed by atoms with E-state index in [0.717, 1.165) is 18.6 Å². The number of ether oxygens (including phenoxy) is 1. The van der Waals surface area contributed by atoms with Gasteiger partial charge in [0.2, 0.25) is 0 Å². The molecule has 0 aliphatic heterocycles. The molecule has 108 valence electrons. The average Bonchev–Trinajstić information content (AvgIpc) is 2.69. The molecule has 20 heavy (non-hydrogen) atoms. The van der Waals surface area contributed by atoms with Crippen LogP contribution >= 0.6 is 0 Å². The van der Waals surface area contributed by atoms with Crippen molar-refractivity contribution in [2.24, 2.45) is 5.41 Å². The maximum Gasteiger partial charge on any atom is 0.146 e. The molecule has 2 heteroatoms. The third kappa shape index (κ3) is 2.15. The fraction of sp³-hybridized carbons (Fsp3) is 0.611. The monoisotopic (exact) mass is 272 g/mol. The number of hydrogen-bond acceptors (Lipinski definition) is 2. The van der Waals surface area contributed by atoms with E-state index in [9.17, 15) is 4.79 Å². The summed E-state index contributed by atoms with van der Waals surface area (Å²) in [6.45, 7) is 4.17. The van der Waals surface area contributed by atoms with Gasteiger partial charge in [0.15, 0.2) is 0 Å². The fourth-order valence-corrected chi connectivity index (χ4v) is 3.86. The summed E-state index contributed by atoms with van der Waals surface area (Å²) in [5.74, 6) is 1.43. The van der Waals surface area contributed by atoms with Crippen molar-refractivity contribution in [3.8, 4) is 5.75 Å². The maximum atomic E-state index is 12.3. The lowest BCUT2D eigenvalue weighted by atomic mass is 9.60. The second-order valence-corrected chi connectivity index (χ2v) is 6.53. The van der Waals surface area contributed by atoms with E-state index in [0.29, 0.717) is 12.2 Å². The minimum absolute atomic E-state index is 0.105. The van der Waals surface area contributed by atoms with Crippen molar-refractivity contribution >= 4 is 5.78 Å². The highest BCUT2D eigenvalue weighted by Crippen LogP contribution is 2.50. The number of aryl methyl sites for hydroxylation is 2. The summed E-state index contributed by atoms with van der Waals surface area (Å²) in [5, 5.41) is 0. The highest BCUT2D eigenvalue weighted by Gasteiger charge is 2.55. The summed E-state index contributed by atoms with van der Waals surface area (Å²) in [6, 6.07) is 6.23. The second kappa shape index (κ2) is 5.23. The van der Waals surface area contributed by atoms with E-state index in [-0.39, 0.29) is 11.5 Å². The molecule has 1 aromatic carbocycles. The lowest BCUT2D eigenvalue weighted by Gasteiger charge is -2.47. The molecule has 1 spiro atoms. The van der Waals surface area contributed by atoms with Crippen molar-refractivity contribution < 1.29 is 9.53 Å². The number of carbonyl (C=O) groups excluding carboxylic acids is 1. The van der Waals surface area contributed by atoms with Crippen LogP contribution in [0.3, 0.4) is 0 Å². The van der Waals surface area contributed by atoms with Gasteiger partial charge in [-0.1, -0.05) is 43.9 Å². The van der Waals surface area contributed by atoms with E-state index in [2.05, 4.69) is 32.0 Å². The van der Waals surface area contributed by atoms with E-state index in [4.69, 9.17) is 4.74 Å². The molecule has 2 nitrogen and oxygen atoms in total. The second-order valence-electron chi connectivity index (χ2n) is 6.53. The zero-order valence-electron chi connectivity index (χ0n) is 12.6. The lowest BCUT2D eigenvalue weighted by molar-refractivity contribution is -0.154. The largest absolute Gasteiger partial charge is 0.488 e. The summed E-state index contributed by atoms with van der Waals surface area (Å²) in [6.07, 6.45) is 7.66. The van der Waals surface area contributed by atoms with Crippen molar-refractivity contribution in [1.82, 2.24) is 0 Å². The molecule has 0 saturated heterocycles. The van der Waals surface area contributed by atoms with E-state index in [1.165, 1.54) is 36.8 Å². The Morgan fingerprint density at radius 1 is 1.05 bits per heavy atom. The molecule has 1 atom stereocenters. The zero-order valence-corrected chi connectivity index (χ0v) is 12.6. The third-order valence-electron chi connectivity index (χ3n) is 5.21. The number of Topliss-reactive ketones (excluding diaryl/α,β-unsaturated/α-hetero) is 1. The number of rotatable bonds is 2. The zero-order chi connectivity index (χ0) is 14.2. The first-order valence-corrected chi connectivity index (χ1v) is 7.90. The van der Waals surface area contributed by atoms with Crippen LogP contribution in [-0.2, 0) is 4.79 Å². The highest BCUT2D eigenvalue weighted by molar-refractivity contribution is 5.92. The van der Waals surface area contributed by atoms with Gasteiger partial charge in [0, 0.05) is 6.42 Å². The number of benzene rings is 1. The predicted octanol–water partition coefficient (Wildman–Crippen LogP) is 4.36. The van der Waals surface area contributed by atoms with Gasteiger partial charge >= 0.3 is 0 Å². The minimum atomic E-state index is -0.161. The van der Waals surface area contributed by atoms with Gasteiger partial charge in [-0.15, -0.1) is 0 Å². The minimum Gasteiger partial charge on any atom is -0.488 e. The molecule has 0 aromatic heterocycles. The molecule has 2 fully saturated rings. The van der Waals surface area contributed by atoms with Gasteiger partial charge in [-0.2, -0.15) is 0 Å². The van der Waals surface area contributed by atoms with Crippen LogP contribution in [0.25, 0.3) is 0 Å². The van der Waals surface area contributed by atoms with E-state index >= 15 is 0 Å². The Kier molecular flexibility index (Phi) is 3.57. The van der Waals surface area contributed by atoms with Gasteiger partial charge in [0.05, 0.1) is 5.41 Å². The van der Waals surface area contributed by atoms with Gasteiger partial charge in [-0.05, 0) is 37.8 Å². The molecule has 1 unspecified atom stereocenters. The molecule has 3 rings (SSSR count). The smallest absolute Gasteiger partial charge is 0.146 e. The fourth-order valence-electron chi connectivity index (χ4n) is 3.86. The number of ketones is 1. The van der Waals surface area contributed by atoms with Crippen LogP contribution in [0.2, 0.25) is 0 Å². The van der Waals surface area contributed by atoms with Crippen LogP contribution in [0.4, 0.5) is 0 Å². The summed E-state index contributed by atoms with van der Waals surface area (Å²) in [7, 11) is 0. The van der Waals surface area contributed by atoms with E-state index < -0.39 is 0 Å². The van der Waals surface area contributed by atoms with Crippen LogP contribution in [0.5, 0.6) is 5.75 Å². The van der Waals surface area contributed by atoms with Crippen molar-refractivity contribution in [3.63, 3.8) is 0 Å². The Labute approximate surface area is 121 Å². The van der Waals surface area contributed by atoms with Crippen molar-refractivity contribution in [3.05, 3.63) is 29.3 Å². The molecular formula is C18H24O2. The maximum absolute atomic E-state index is 12.3. The van der Waals surface area contributed by atoms with Crippen molar-refractivity contribution in [2.45, 2.75) is 64.9 Å². The number of hydrogen-bond donors (Lipinski definition) is 0. The predicted molar refractivity (Wildman–Crippen MR) is 80.1 cm³/mol. The van der Waals surface area contributed by atoms with Crippen molar-refractivity contribution in [2.75, 3.05) is 0 Å². The summed E-state index contributed by atoms with van der Waals surface area (Å²) in [5.41, 5.74) is 2.19. The first kappa shape index (κ1) is 13.7. The van der Waals surface area contributed by atoms with Gasteiger partial charge in [0.25, 0.3) is 0 Å². The molecule has 2 aliphatic rings. The number of para-hydroxylation sites is 1.